The zero-order valence-electron chi connectivity index (χ0n) is 10.8. The van der Waals surface area contributed by atoms with Crippen LogP contribution in [-0.4, -0.2) is 11.0 Å². The Bertz CT molecular complexity index is 491. The van der Waals surface area contributed by atoms with E-state index in [1.807, 2.05) is 12.3 Å². The molecular formula is C15H20N2. The average molecular weight is 228 g/mol. The van der Waals surface area contributed by atoms with Crippen molar-refractivity contribution in [2.75, 3.05) is 5.32 Å². The number of benzene rings is 1. The van der Waals surface area contributed by atoms with Gasteiger partial charge in [-0.2, -0.15) is 0 Å². The Balaban J connectivity index is 2.24. The monoisotopic (exact) mass is 228 g/mol. The smallest absolute Gasteiger partial charge is 0.0703 e. The van der Waals surface area contributed by atoms with Gasteiger partial charge in [0.25, 0.3) is 0 Å². The van der Waals surface area contributed by atoms with Crippen LogP contribution < -0.4 is 5.32 Å². The second kappa shape index (κ2) is 5.17. The first-order chi connectivity index (χ1) is 8.20. The summed E-state index contributed by atoms with van der Waals surface area (Å²) in [6.45, 7) is 6.73. The fourth-order valence-electron chi connectivity index (χ4n) is 2.12. The van der Waals surface area contributed by atoms with E-state index in [2.05, 4.69) is 55.3 Å². The van der Waals surface area contributed by atoms with Crippen LogP contribution in [0.5, 0.6) is 0 Å². The van der Waals surface area contributed by atoms with Crippen molar-refractivity contribution in [3.63, 3.8) is 0 Å². The molecule has 1 atom stereocenters. The highest BCUT2D eigenvalue weighted by molar-refractivity contribution is 5.82. The zero-order chi connectivity index (χ0) is 12.3. The molecule has 0 aliphatic carbocycles. The molecule has 0 aliphatic rings. The molecule has 1 aromatic heterocycles. The Morgan fingerprint density at radius 3 is 2.76 bits per heavy atom. The molecule has 0 bridgehead atoms. The van der Waals surface area contributed by atoms with Crippen LogP contribution >= 0.6 is 0 Å². The van der Waals surface area contributed by atoms with Gasteiger partial charge in [-0.1, -0.05) is 26.8 Å². The van der Waals surface area contributed by atoms with Crippen LogP contribution in [0.2, 0.25) is 0 Å². The Labute approximate surface area is 103 Å². The van der Waals surface area contributed by atoms with E-state index >= 15 is 0 Å². The van der Waals surface area contributed by atoms with Crippen molar-refractivity contribution in [1.29, 1.82) is 0 Å². The largest absolute Gasteiger partial charge is 0.382 e. The zero-order valence-corrected chi connectivity index (χ0v) is 10.8. The van der Waals surface area contributed by atoms with Gasteiger partial charge in [-0.3, -0.25) is 4.98 Å². The molecule has 2 rings (SSSR count). The van der Waals surface area contributed by atoms with Gasteiger partial charge in [0, 0.05) is 23.3 Å². The van der Waals surface area contributed by atoms with Crippen molar-refractivity contribution >= 4 is 16.6 Å². The quantitative estimate of drug-likeness (QED) is 0.852. The van der Waals surface area contributed by atoms with E-state index in [0.29, 0.717) is 12.0 Å². The predicted molar refractivity (Wildman–Crippen MR) is 74.3 cm³/mol. The maximum absolute atomic E-state index is 4.33. The lowest BCUT2D eigenvalue weighted by Gasteiger charge is -2.22. The van der Waals surface area contributed by atoms with Crippen LogP contribution in [0.25, 0.3) is 10.9 Å². The Morgan fingerprint density at radius 2 is 2.06 bits per heavy atom. The number of nitrogens with one attached hydrogen (secondary N) is 1. The highest BCUT2D eigenvalue weighted by Crippen LogP contribution is 2.20. The summed E-state index contributed by atoms with van der Waals surface area (Å²) in [7, 11) is 0. The van der Waals surface area contributed by atoms with Crippen LogP contribution in [0.3, 0.4) is 0 Å². The van der Waals surface area contributed by atoms with Crippen molar-refractivity contribution in [3.8, 4) is 0 Å². The minimum Gasteiger partial charge on any atom is -0.382 e. The lowest BCUT2D eigenvalue weighted by molar-refractivity contribution is 0.511. The lowest BCUT2D eigenvalue weighted by atomic mass is 10.0. The summed E-state index contributed by atoms with van der Waals surface area (Å²) in [6, 6.07) is 11.0. The molecular weight excluding hydrogens is 208 g/mol. The van der Waals surface area contributed by atoms with E-state index in [1.54, 1.807) is 0 Å². The third-order valence-corrected chi connectivity index (χ3v) is 3.20. The maximum Gasteiger partial charge on any atom is 0.0703 e. The van der Waals surface area contributed by atoms with E-state index in [9.17, 15) is 0 Å². The average Bonchev–Trinajstić information content (AvgIpc) is 2.35. The Hall–Kier alpha value is -1.57. The second-order valence-corrected chi connectivity index (χ2v) is 4.81. The molecule has 2 nitrogen and oxygen atoms in total. The molecule has 1 heterocycles. The van der Waals surface area contributed by atoms with Crippen LogP contribution in [0, 0.1) is 5.92 Å². The fourth-order valence-corrected chi connectivity index (χ4v) is 2.12. The standard InChI is InChI=1S/C15H20N2/c1-4-14(11(2)3)17-13-7-8-15-12(10-13)6-5-9-16-15/h5-11,14,17H,4H2,1-3H3. The minimum atomic E-state index is 0.532. The van der Waals surface area contributed by atoms with E-state index in [0.717, 1.165) is 11.9 Å². The normalized spacial score (nSPS) is 12.9. The SMILES string of the molecule is CCC(Nc1ccc2ncccc2c1)C(C)C. The van der Waals surface area contributed by atoms with Crippen LogP contribution in [0.4, 0.5) is 5.69 Å². The molecule has 2 heteroatoms. The number of rotatable bonds is 4. The van der Waals surface area contributed by atoms with E-state index in [4.69, 9.17) is 0 Å². The van der Waals surface area contributed by atoms with Crippen LogP contribution in [0.1, 0.15) is 27.2 Å². The second-order valence-electron chi connectivity index (χ2n) is 4.81. The molecule has 1 aromatic carbocycles. The molecule has 2 aromatic rings. The van der Waals surface area contributed by atoms with E-state index < -0.39 is 0 Å². The molecule has 0 fully saturated rings. The molecule has 0 saturated carbocycles. The van der Waals surface area contributed by atoms with Gasteiger partial charge in [0.15, 0.2) is 0 Å². The van der Waals surface area contributed by atoms with Gasteiger partial charge in [-0.25, -0.2) is 0 Å². The highest BCUT2D eigenvalue weighted by atomic mass is 14.9. The lowest BCUT2D eigenvalue weighted by Crippen LogP contribution is -2.24. The highest BCUT2D eigenvalue weighted by Gasteiger charge is 2.10. The molecule has 1 N–H and O–H groups in total. The van der Waals surface area contributed by atoms with E-state index in [-0.39, 0.29) is 0 Å². The van der Waals surface area contributed by atoms with Gasteiger partial charge in [-0.05, 0) is 36.6 Å². The predicted octanol–water partition coefficient (Wildman–Crippen LogP) is 4.08. The van der Waals surface area contributed by atoms with Crippen molar-refractivity contribution in [2.45, 2.75) is 33.2 Å². The first kappa shape index (κ1) is 11.9. The van der Waals surface area contributed by atoms with Crippen molar-refractivity contribution in [2.24, 2.45) is 5.92 Å². The molecule has 0 radical (unpaired) electrons. The molecule has 0 amide bonds. The third kappa shape index (κ3) is 2.76. The minimum absolute atomic E-state index is 0.532. The Kier molecular flexibility index (Phi) is 3.62. The number of pyridine rings is 1. The van der Waals surface area contributed by atoms with Gasteiger partial charge in [-0.15, -0.1) is 0 Å². The molecule has 90 valence electrons. The Morgan fingerprint density at radius 1 is 1.24 bits per heavy atom. The van der Waals surface area contributed by atoms with Gasteiger partial charge < -0.3 is 5.32 Å². The third-order valence-electron chi connectivity index (χ3n) is 3.20. The van der Waals surface area contributed by atoms with Gasteiger partial charge in [0.2, 0.25) is 0 Å². The number of aromatic nitrogens is 1. The van der Waals surface area contributed by atoms with Crippen LogP contribution in [-0.2, 0) is 0 Å². The summed E-state index contributed by atoms with van der Waals surface area (Å²) in [4.78, 5) is 4.33. The van der Waals surface area contributed by atoms with Crippen molar-refractivity contribution in [1.82, 2.24) is 4.98 Å². The number of fused-ring (bicyclic) bond motifs is 1. The van der Waals surface area contributed by atoms with Gasteiger partial charge in [0.1, 0.15) is 0 Å². The first-order valence-electron chi connectivity index (χ1n) is 6.32. The summed E-state index contributed by atoms with van der Waals surface area (Å²) in [5, 5.41) is 4.78. The van der Waals surface area contributed by atoms with Crippen molar-refractivity contribution in [3.05, 3.63) is 36.5 Å². The topological polar surface area (TPSA) is 24.9 Å². The van der Waals surface area contributed by atoms with Crippen molar-refractivity contribution < 1.29 is 0 Å². The fraction of sp³-hybridized carbons (Fsp3) is 0.400. The van der Waals surface area contributed by atoms with E-state index in [1.165, 1.54) is 11.1 Å². The summed E-state index contributed by atoms with van der Waals surface area (Å²) in [6.07, 6.45) is 2.97. The number of hydrogen-bond acceptors (Lipinski definition) is 2. The molecule has 1 unspecified atom stereocenters. The molecule has 17 heavy (non-hydrogen) atoms. The number of anilines is 1. The number of hydrogen-bond donors (Lipinski definition) is 1. The summed E-state index contributed by atoms with van der Waals surface area (Å²) >= 11 is 0. The van der Waals surface area contributed by atoms with Crippen LogP contribution in [0.15, 0.2) is 36.5 Å². The summed E-state index contributed by atoms with van der Waals surface area (Å²) in [5.41, 5.74) is 2.24. The maximum atomic E-state index is 4.33. The molecule has 0 saturated heterocycles. The van der Waals surface area contributed by atoms with Gasteiger partial charge >= 0.3 is 0 Å². The van der Waals surface area contributed by atoms with Gasteiger partial charge in [0.05, 0.1) is 5.52 Å². The number of nitrogens with zero attached hydrogens (tertiary/aromatic N) is 1. The summed E-state index contributed by atoms with van der Waals surface area (Å²) < 4.78 is 0. The summed E-state index contributed by atoms with van der Waals surface area (Å²) in [5.74, 6) is 0.643. The first-order valence-corrected chi connectivity index (χ1v) is 6.32. The molecule has 0 spiro atoms. The molecule has 0 aliphatic heterocycles.